The summed E-state index contributed by atoms with van der Waals surface area (Å²) in [4.78, 5) is 62.6. The van der Waals surface area contributed by atoms with Crippen LogP contribution in [-0.4, -0.2) is 81.4 Å². The molecule has 0 saturated heterocycles. The first-order valence-corrected chi connectivity index (χ1v) is 14.0. The van der Waals surface area contributed by atoms with Crippen molar-refractivity contribution in [2.45, 2.75) is 64.5 Å². The molecule has 0 aliphatic carbocycles. The lowest BCUT2D eigenvalue weighted by Crippen LogP contribution is -2.29. The van der Waals surface area contributed by atoms with Crippen LogP contribution in [0.1, 0.15) is 73.1 Å². The fourth-order valence-electron chi connectivity index (χ4n) is 3.04. The van der Waals surface area contributed by atoms with Gasteiger partial charge in [0.05, 0.1) is 0 Å². The maximum absolute atomic E-state index is 10.6. The number of benzene rings is 2. The van der Waals surface area contributed by atoms with E-state index >= 15 is 0 Å². The number of carbonyl (C=O) groups excluding carboxylic acids is 2. The molecule has 0 fully saturated rings. The highest BCUT2D eigenvalue weighted by molar-refractivity contribution is 5.92. The fraction of sp³-hybridized carbons (Fsp3) is 0.400. The third-order valence-electron chi connectivity index (χ3n) is 5.32. The number of rotatable bonds is 14. The number of aliphatic carboxylic acids is 2. The van der Waals surface area contributed by atoms with Gasteiger partial charge in [0.1, 0.15) is 34.7 Å². The molecule has 2 aromatic rings. The topological polar surface area (TPSA) is 306 Å². The third kappa shape index (κ3) is 21.7. The van der Waals surface area contributed by atoms with Crippen molar-refractivity contribution in [3.8, 4) is 11.5 Å². The van der Waals surface area contributed by atoms with E-state index in [4.69, 9.17) is 43.4 Å². The number of aromatic carboxylic acids is 2. The second-order valence-electron chi connectivity index (χ2n) is 9.25. The quantitative estimate of drug-likeness (QED) is 0.0817. The smallest absolute Gasteiger partial charge is 0.339 e. The first kappa shape index (κ1) is 43.2. The highest BCUT2D eigenvalue weighted by Crippen LogP contribution is 2.18. The standard InChI is InChI=1S/2C9H8O4.2C6H14N2O2/c2*1-6(10)13-8-5-3-2-4-7(8)9(11)12;2*7-4-2-1-3-5(8)6(9)10/h2*2-5H,1H3,(H,11,12);2*5H,1-4,7-8H2,(H,9,10). The molecule has 0 aromatic heterocycles. The number of hydrogen-bond acceptors (Lipinski definition) is 12. The van der Waals surface area contributed by atoms with Crippen LogP contribution < -0.4 is 32.4 Å². The first-order chi connectivity index (χ1) is 21.6. The molecule has 0 heterocycles. The van der Waals surface area contributed by atoms with E-state index in [2.05, 4.69) is 9.47 Å². The van der Waals surface area contributed by atoms with Crippen molar-refractivity contribution in [3.05, 3.63) is 59.7 Å². The molecule has 0 aliphatic heterocycles. The van der Waals surface area contributed by atoms with E-state index in [0.29, 0.717) is 25.9 Å². The molecule has 46 heavy (non-hydrogen) atoms. The van der Waals surface area contributed by atoms with Crippen LogP contribution in [0.5, 0.6) is 11.5 Å². The van der Waals surface area contributed by atoms with Gasteiger partial charge in [0, 0.05) is 13.8 Å². The summed E-state index contributed by atoms with van der Waals surface area (Å²) in [5, 5.41) is 34.0. The zero-order valence-electron chi connectivity index (χ0n) is 25.8. The second-order valence-corrected chi connectivity index (χ2v) is 9.25. The van der Waals surface area contributed by atoms with Crippen LogP contribution in [0.2, 0.25) is 0 Å². The maximum atomic E-state index is 10.6. The van der Waals surface area contributed by atoms with Gasteiger partial charge in [0.2, 0.25) is 0 Å². The summed E-state index contributed by atoms with van der Waals surface area (Å²) in [6.45, 7) is 3.65. The molecule has 0 aliphatic rings. The van der Waals surface area contributed by atoms with Gasteiger partial charge in [0.25, 0.3) is 0 Å². The normalized spacial score (nSPS) is 10.9. The van der Waals surface area contributed by atoms with Crippen molar-refractivity contribution in [1.29, 1.82) is 0 Å². The molecule has 12 N–H and O–H groups in total. The number of nitrogens with two attached hydrogens (primary N) is 4. The molecule has 0 radical (unpaired) electrons. The lowest BCUT2D eigenvalue weighted by atomic mass is 10.1. The Morgan fingerprint density at radius 2 is 0.891 bits per heavy atom. The van der Waals surface area contributed by atoms with Gasteiger partial charge in [0.15, 0.2) is 0 Å². The Bertz CT molecular complexity index is 1160. The lowest BCUT2D eigenvalue weighted by Gasteiger charge is -2.03. The molecule has 0 saturated carbocycles. The highest BCUT2D eigenvalue weighted by Gasteiger charge is 2.12. The van der Waals surface area contributed by atoms with Gasteiger partial charge < -0.3 is 52.8 Å². The summed E-state index contributed by atoms with van der Waals surface area (Å²) < 4.78 is 9.37. The molecule has 2 aromatic carbocycles. The highest BCUT2D eigenvalue weighted by atomic mass is 16.5. The van der Waals surface area contributed by atoms with Gasteiger partial charge >= 0.3 is 35.8 Å². The van der Waals surface area contributed by atoms with Gasteiger partial charge in [-0.25, -0.2) is 9.59 Å². The molecule has 2 rings (SSSR count). The molecular weight excluding hydrogens is 608 g/mol. The van der Waals surface area contributed by atoms with Gasteiger partial charge in [-0.1, -0.05) is 37.1 Å². The summed E-state index contributed by atoms with van der Waals surface area (Å²) in [5.41, 5.74) is 20.8. The van der Waals surface area contributed by atoms with Gasteiger partial charge in [-0.2, -0.15) is 0 Å². The lowest BCUT2D eigenvalue weighted by molar-refractivity contribution is -0.139. The Labute approximate surface area is 266 Å². The molecule has 0 amide bonds. The summed E-state index contributed by atoms with van der Waals surface area (Å²) in [5.74, 6) is -5.02. The summed E-state index contributed by atoms with van der Waals surface area (Å²) in [6, 6.07) is 10.5. The van der Waals surface area contributed by atoms with Crippen molar-refractivity contribution < 1.29 is 58.7 Å². The Morgan fingerprint density at radius 1 is 0.587 bits per heavy atom. The van der Waals surface area contributed by atoms with Gasteiger partial charge in [-0.15, -0.1) is 0 Å². The Morgan fingerprint density at radius 3 is 1.13 bits per heavy atom. The average Bonchev–Trinajstić information content (AvgIpc) is 2.98. The predicted octanol–water partition coefficient (Wildman–Crippen LogP) is 1.67. The van der Waals surface area contributed by atoms with Crippen LogP contribution in [0.3, 0.4) is 0 Å². The number of ether oxygens (including phenoxy) is 2. The average molecular weight is 653 g/mol. The molecular formula is C30H44N4O12. The number of para-hydroxylation sites is 2. The van der Waals surface area contributed by atoms with E-state index < -0.39 is 47.9 Å². The minimum absolute atomic E-state index is 0.0160. The Hall–Kier alpha value is -4.90. The molecule has 0 spiro atoms. The van der Waals surface area contributed by atoms with Crippen LogP contribution in [-0.2, 0) is 19.2 Å². The number of unbranched alkanes of at least 4 members (excludes halogenated alkanes) is 2. The van der Waals surface area contributed by atoms with E-state index in [1.165, 1.54) is 38.1 Å². The first-order valence-electron chi connectivity index (χ1n) is 14.0. The number of hydrogen-bond donors (Lipinski definition) is 8. The molecule has 0 bridgehead atoms. The van der Waals surface area contributed by atoms with E-state index in [1.54, 1.807) is 24.3 Å². The van der Waals surface area contributed by atoms with Crippen molar-refractivity contribution in [2.75, 3.05) is 13.1 Å². The fourth-order valence-corrected chi connectivity index (χ4v) is 3.04. The van der Waals surface area contributed by atoms with E-state index in [9.17, 15) is 28.8 Å². The maximum Gasteiger partial charge on any atom is 0.339 e. The number of carboxylic acids is 4. The number of esters is 2. The Balaban J connectivity index is 0. The number of carboxylic acid groups (broad SMARTS) is 4. The minimum Gasteiger partial charge on any atom is -0.480 e. The third-order valence-corrected chi connectivity index (χ3v) is 5.32. The summed E-state index contributed by atoms with van der Waals surface area (Å²) in [7, 11) is 0. The van der Waals surface area contributed by atoms with Crippen LogP contribution in [0.15, 0.2) is 48.5 Å². The second kappa shape index (κ2) is 25.4. The van der Waals surface area contributed by atoms with Crippen molar-refractivity contribution in [1.82, 2.24) is 0 Å². The van der Waals surface area contributed by atoms with Crippen molar-refractivity contribution in [3.63, 3.8) is 0 Å². The van der Waals surface area contributed by atoms with Crippen LogP contribution >= 0.6 is 0 Å². The molecule has 16 nitrogen and oxygen atoms in total. The minimum atomic E-state index is -1.11. The molecule has 2 unspecified atom stereocenters. The van der Waals surface area contributed by atoms with Gasteiger partial charge in [-0.3, -0.25) is 19.2 Å². The predicted molar refractivity (Wildman–Crippen MR) is 166 cm³/mol. The van der Waals surface area contributed by atoms with Crippen LogP contribution in [0.25, 0.3) is 0 Å². The van der Waals surface area contributed by atoms with E-state index in [-0.39, 0.29) is 22.6 Å². The van der Waals surface area contributed by atoms with Crippen molar-refractivity contribution >= 4 is 35.8 Å². The number of carbonyl (C=O) groups is 6. The molecule has 16 heteroatoms. The van der Waals surface area contributed by atoms with E-state index in [0.717, 1.165) is 25.7 Å². The molecule has 2 atom stereocenters. The van der Waals surface area contributed by atoms with Crippen LogP contribution in [0, 0.1) is 0 Å². The van der Waals surface area contributed by atoms with E-state index in [1.807, 2.05) is 0 Å². The summed E-state index contributed by atoms with van der Waals surface area (Å²) >= 11 is 0. The monoisotopic (exact) mass is 652 g/mol. The van der Waals surface area contributed by atoms with Gasteiger partial charge in [-0.05, 0) is 63.0 Å². The van der Waals surface area contributed by atoms with Crippen molar-refractivity contribution in [2.24, 2.45) is 22.9 Å². The molecule has 256 valence electrons. The SMILES string of the molecule is CC(=O)Oc1ccccc1C(=O)O.CC(=O)Oc1ccccc1C(=O)O.NCCCCC(N)C(=O)O.NCCCCC(N)C(=O)O. The zero-order valence-corrected chi connectivity index (χ0v) is 25.8. The summed E-state index contributed by atoms with van der Waals surface area (Å²) in [6.07, 6.45) is 4.33. The zero-order chi connectivity index (χ0) is 35.7. The van der Waals surface area contributed by atoms with Crippen LogP contribution in [0.4, 0.5) is 0 Å². The Kier molecular flexibility index (Phi) is 23.9. The largest absolute Gasteiger partial charge is 0.480 e.